The van der Waals surface area contributed by atoms with Gasteiger partial charge in [0.2, 0.25) is 0 Å². The number of aryl methyl sites for hydroxylation is 1. The summed E-state index contributed by atoms with van der Waals surface area (Å²) >= 11 is 0. The van der Waals surface area contributed by atoms with E-state index in [2.05, 4.69) is 18.3 Å². The first kappa shape index (κ1) is 15.2. The fourth-order valence-corrected chi connectivity index (χ4v) is 2.74. The molecule has 1 aromatic rings. The highest BCUT2D eigenvalue weighted by atomic mass is 32.2. The van der Waals surface area contributed by atoms with Crippen molar-refractivity contribution in [1.82, 2.24) is 9.88 Å². The predicted octanol–water partition coefficient (Wildman–Crippen LogP) is 1.98. The Balaban J connectivity index is 2.63. The second kappa shape index (κ2) is 6.95. The zero-order chi connectivity index (χ0) is 13.6. The summed E-state index contributed by atoms with van der Waals surface area (Å²) in [6.45, 7) is 4.39. The number of nitrogens with zero attached hydrogens (tertiary/aromatic N) is 1. The van der Waals surface area contributed by atoms with Crippen LogP contribution < -0.4 is 5.32 Å². The van der Waals surface area contributed by atoms with E-state index in [0.29, 0.717) is 12.6 Å². The maximum absolute atomic E-state index is 11.4. The lowest BCUT2D eigenvalue weighted by Crippen LogP contribution is -2.16. The molecule has 0 aliphatic carbocycles. The van der Waals surface area contributed by atoms with Gasteiger partial charge < -0.3 is 9.88 Å². The first-order valence-corrected chi connectivity index (χ1v) is 8.38. The topological polar surface area (TPSA) is 51.1 Å². The van der Waals surface area contributed by atoms with Gasteiger partial charge in [-0.3, -0.25) is 0 Å². The maximum atomic E-state index is 11.4. The average Bonchev–Trinajstić information content (AvgIpc) is 2.82. The second-order valence-electron chi connectivity index (χ2n) is 4.55. The molecule has 0 radical (unpaired) electrons. The molecule has 1 unspecified atom stereocenters. The van der Waals surface area contributed by atoms with Gasteiger partial charge in [-0.25, -0.2) is 8.42 Å². The van der Waals surface area contributed by atoms with Gasteiger partial charge in [-0.2, -0.15) is 0 Å². The third-order valence-electron chi connectivity index (χ3n) is 3.20. The Morgan fingerprint density at radius 1 is 1.39 bits per heavy atom. The van der Waals surface area contributed by atoms with Crippen LogP contribution in [0.2, 0.25) is 0 Å². The Bertz CT molecular complexity index is 451. The van der Waals surface area contributed by atoms with Crippen molar-refractivity contribution >= 4 is 9.84 Å². The number of nitrogens with one attached hydrogen (secondary N) is 1. The molecule has 5 heteroatoms. The van der Waals surface area contributed by atoms with Gasteiger partial charge in [0.05, 0.1) is 5.75 Å². The molecule has 0 aliphatic heterocycles. The van der Waals surface area contributed by atoms with Crippen molar-refractivity contribution in [2.75, 3.05) is 18.6 Å². The third kappa shape index (κ3) is 4.46. The van der Waals surface area contributed by atoms with Crippen LogP contribution in [0.15, 0.2) is 18.5 Å². The molecule has 1 atom stereocenters. The van der Waals surface area contributed by atoms with Gasteiger partial charge >= 0.3 is 0 Å². The summed E-state index contributed by atoms with van der Waals surface area (Å²) in [6, 6.07) is 2.43. The standard InChI is InChI=1S/C13H24N2O2S/c1-4-6-13(14-3)12-7-8-15(11-12)9-10-18(16,17)5-2/h7-8,11,13-14H,4-6,9-10H2,1-3H3. The van der Waals surface area contributed by atoms with E-state index in [4.69, 9.17) is 0 Å². The fourth-order valence-electron chi connectivity index (χ4n) is 1.96. The molecule has 0 spiro atoms. The van der Waals surface area contributed by atoms with Crippen LogP contribution in [-0.2, 0) is 16.4 Å². The van der Waals surface area contributed by atoms with Crippen LogP contribution in [0, 0.1) is 0 Å². The van der Waals surface area contributed by atoms with Gasteiger partial charge in [0.25, 0.3) is 0 Å². The van der Waals surface area contributed by atoms with Gasteiger partial charge in [-0.05, 0) is 25.1 Å². The molecule has 0 saturated carbocycles. The summed E-state index contributed by atoms with van der Waals surface area (Å²) in [5.41, 5.74) is 1.23. The molecule has 0 saturated heterocycles. The highest BCUT2D eigenvalue weighted by Crippen LogP contribution is 2.18. The van der Waals surface area contributed by atoms with E-state index >= 15 is 0 Å². The number of aromatic nitrogens is 1. The molecule has 1 aromatic heterocycles. The van der Waals surface area contributed by atoms with E-state index in [1.807, 2.05) is 24.0 Å². The van der Waals surface area contributed by atoms with Crippen LogP contribution in [0.1, 0.15) is 38.3 Å². The maximum Gasteiger partial charge on any atom is 0.151 e. The predicted molar refractivity (Wildman–Crippen MR) is 75.5 cm³/mol. The Morgan fingerprint density at radius 2 is 2.11 bits per heavy atom. The number of rotatable bonds is 8. The summed E-state index contributed by atoms with van der Waals surface area (Å²) in [7, 11) is -0.923. The van der Waals surface area contributed by atoms with Gasteiger partial charge in [-0.15, -0.1) is 0 Å². The molecule has 0 amide bonds. The normalized spacial score (nSPS) is 13.7. The summed E-state index contributed by atoms with van der Waals surface area (Å²) in [6.07, 6.45) is 6.22. The van der Waals surface area contributed by atoms with E-state index in [9.17, 15) is 8.42 Å². The summed E-state index contributed by atoms with van der Waals surface area (Å²) < 4.78 is 24.9. The molecule has 4 nitrogen and oxygen atoms in total. The fraction of sp³-hybridized carbons (Fsp3) is 0.692. The first-order chi connectivity index (χ1) is 8.52. The number of hydrogen-bond donors (Lipinski definition) is 1. The third-order valence-corrected chi connectivity index (χ3v) is 4.89. The zero-order valence-corrected chi connectivity index (χ0v) is 12.3. The van der Waals surface area contributed by atoms with E-state index < -0.39 is 9.84 Å². The van der Waals surface area contributed by atoms with Crippen LogP contribution in [-0.4, -0.2) is 31.5 Å². The monoisotopic (exact) mass is 272 g/mol. The van der Waals surface area contributed by atoms with E-state index in [0.717, 1.165) is 12.8 Å². The summed E-state index contributed by atoms with van der Waals surface area (Å²) in [5.74, 6) is 0.436. The van der Waals surface area contributed by atoms with Crippen molar-refractivity contribution < 1.29 is 8.42 Å². The minimum Gasteiger partial charge on any atom is -0.353 e. The first-order valence-electron chi connectivity index (χ1n) is 6.55. The van der Waals surface area contributed by atoms with Gasteiger partial charge in [-0.1, -0.05) is 20.3 Å². The Morgan fingerprint density at radius 3 is 2.67 bits per heavy atom. The van der Waals surface area contributed by atoms with Gasteiger partial charge in [0.15, 0.2) is 9.84 Å². The smallest absolute Gasteiger partial charge is 0.151 e. The van der Waals surface area contributed by atoms with Crippen molar-refractivity contribution in [2.45, 2.75) is 39.3 Å². The molecular formula is C13H24N2O2S. The Labute approximate surface area is 110 Å². The largest absolute Gasteiger partial charge is 0.353 e. The minimum absolute atomic E-state index is 0.218. The highest BCUT2D eigenvalue weighted by Gasteiger charge is 2.11. The van der Waals surface area contributed by atoms with Crippen LogP contribution in [0.5, 0.6) is 0 Å². The van der Waals surface area contributed by atoms with Crippen LogP contribution >= 0.6 is 0 Å². The summed E-state index contributed by atoms with van der Waals surface area (Å²) in [4.78, 5) is 0. The van der Waals surface area contributed by atoms with Crippen molar-refractivity contribution in [1.29, 1.82) is 0 Å². The lowest BCUT2D eigenvalue weighted by Gasteiger charge is -2.13. The molecule has 104 valence electrons. The number of hydrogen-bond acceptors (Lipinski definition) is 3. The molecule has 1 heterocycles. The summed E-state index contributed by atoms with van der Waals surface area (Å²) in [5, 5.41) is 3.28. The van der Waals surface area contributed by atoms with Gasteiger partial charge in [0, 0.05) is 30.7 Å². The van der Waals surface area contributed by atoms with Crippen LogP contribution in [0.25, 0.3) is 0 Å². The van der Waals surface area contributed by atoms with Crippen LogP contribution in [0.4, 0.5) is 0 Å². The molecule has 1 N–H and O–H groups in total. The van der Waals surface area contributed by atoms with Crippen molar-refractivity contribution in [2.24, 2.45) is 0 Å². The average molecular weight is 272 g/mol. The molecule has 18 heavy (non-hydrogen) atoms. The van der Waals surface area contributed by atoms with E-state index in [1.165, 1.54) is 5.56 Å². The molecule has 0 aliphatic rings. The highest BCUT2D eigenvalue weighted by molar-refractivity contribution is 7.91. The van der Waals surface area contributed by atoms with E-state index in [1.54, 1.807) is 6.92 Å². The van der Waals surface area contributed by atoms with Crippen molar-refractivity contribution in [3.05, 3.63) is 24.0 Å². The van der Waals surface area contributed by atoms with Crippen molar-refractivity contribution in [3.8, 4) is 0 Å². The second-order valence-corrected chi connectivity index (χ2v) is 7.02. The number of sulfone groups is 1. The lowest BCUT2D eigenvalue weighted by molar-refractivity contribution is 0.540. The lowest BCUT2D eigenvalue weighted by atomic mass is 10.1. The molecule has 0 fully saturated rings. The molecule has 1 rings (SSSR count). The van der Waals surface area contributed by atoms with Crippen LogP contribution in [0.3, 0.4) is 0 Å². The Kier molecular flexibility index (Phi) is 5.88. The molecular weight excluding hydrogens is 248 g/mol. The van der Waals surface area contributed by atoms with Gasteiger partial charge in [0.1, 0.15) is 0 Å². The zero-order valence-electron chi connectivity index (χ0n) is 11.5. The Hall–Kier alpha value is -0.810. The molecule has 0 bridgehead atoms. The molecule has 0 aromatic carbocycles. The SMILES string of the molecule is CCCC(NC)c1ccn(CCS(=O)(=O)CC)c1. The minimum atomic E-state index is -2.88. The quantitative estimate of drug-likeness (QED) is 0.787. The van der Waals surface area contributed by atoms with Crippen molar-refractivity contribution in [3.63, 3.8) is 0 Å². The van der Waals surface area contributed by atoms with E-state index in [-0.39, 0.29) is 11.5 Å².